The zero-order chi connectivity index (χ0) is 20.9. The van der Waals surface area contributed by atoms with Crippen LogP contribution in [0.2, 0.25) is 0 Å². The minimum absolute atomic E-state index is 0.0152. The summed E-state index contributed by atoms with van der Waals surface area (Å²) in [6.07, 6.45) is -2.38. The first kappa shape index (κ1) is 22.4. The second-order valence-corrected chi connectivity index (χ2v) is 7.83. The number of benzene rings is 2. The van der Waals surface area contributed by atoms with Gasteiger partial charge in [0.2, 0.25) is 0 Å². The van der Waals surface area contributed by atoms with Gasteiger partial charge in [-0.25, -0.2) is 0 Å². The minimum Gasteiger partial charge on any atom is -0.489 e. The number of ether oxygens (including phenoxy) is 2. The fraction of sp³-hybridized carbons (Fsp3) is 0.333. The van der Waals surface area contributed by atoms with E-state index in [2.05, 4.69) is 20.8 Å². The average molecular weight is 433 g/mol. The van der Waals surface area contributed by atoms with E-state index >= 15 is 0 Å². The van der Waals surface area contributed by atoms with E-state index in [1.165, 1.54) is 18.2 Å². The topological polar surface area (TPSA) is 18.5 Å². The van der Waals surface area contributed by atoms with Crippen LogP contribution in [0.4, 0.5) is 13.2 Å². The number of hydrogen-bond acceptors (Lipinski definition) is 2. The zero-order valence-corrected chi connectivity index (χ0v) is 17.3. The first-order valence-corrected chi connectivity index (χ1v) is 9.42. The monoisotopic (exact) mass is 432 g/mol. The van der Waals surface area contributed by atoms with Gasteiger partial charge in [-0.05, 0) is 53.8 Å². The third-order valence-electron chi connectivity index (χ3n) is 4.49. The summed E-state index contributed by atoms with van der Waals surface area (Å²) in [6.45, 7) is 6.18. The van der Waals surface area contributed by atoms with E-state index in [9.17, 15) is 13.2 Å². The maximum absolute atomic E-state index is 13.4. The molecule has 0 N–H and O–H groups in total. The second-order valence-electron chi connectivity index (χ2n) is 6.82. The van der Waals surface area contributed by atoms with Crippen molar-refractivity contribution in [2.75, 3.05) is 6.61 Å². The molecule has 152 valence electrons. The van der Waals surface area contributed by atoms with Gasteiger partial charge in [0.15, 0.2) is 0 Å². The molecule has 0 atom stereocenters. The molecule has 0 aliphatic rings. The third kappa shape index (κ3) is 6.08. The maximum Gasteiger partial charge on any atom is 0.420 e. The Morgan fingerprint density at radius 2 is 1.61 bits per heavy atom. The normalized spacial score (nSPS) is 11.9. The van der Waals surface area contributed by atoms with Gasteiger partial charge in [-0.2, -0.15) is 13.2 Å². The van der Waals surface area contributed by atoms with Gasteiger partial charge in [0.1, 0.15) is 33.9 Å². The third-order valence-corrected chi connectivity index (χ3v) is 4.80. The van der Waals surface area contributed by atoms with Gasteiger partial charge in [-0.1, -0.05) is 56.1 Å². The Labute approximate surface area is 172 Å². The van der Waals surface area contributed by atoms with Crippen molar-refractivity contribution in [3.63, 3.8) is 0 Å². The predicted molar refractivity (Wildman–Crippen MR) is 107 cm³/mol. The van der Waals surface area contributed by atoms with Crippen LogP contribution in [-0.2, 0) is 11.6 Å². The molecule has 0 aromatic heterocycles. The van der Waals surface area contributed by atoms with Gasteiger partial charge in [-0.15, -0.1) is 0 Å². The van der Waals surface area contributed by atoms with Crippen molar-refractivity contribution in [1.29, 1.82) is 0 Å². The summed E-state index contributed by atoms with van der Waals surface area (Å²) in [6, 6.07) is 10.9. The molecule has 0 unspecified atom stereocenters. The lowest BCUT2D eigenvalue weighted by Gasteiger charge is -2.23. The van der Waals surface area contributed by atoms with Crippen molar-refractivity contribution in [1.82, 2.24) is 0 Å². The molecule has 2 aromatic rings. The van der Waals surface area contributed by atoms with Gasteiger partial charge in [0.05, 0.1) is 0 Å². The first-order chi connectivity index (χ1) is 13.0. The molecule has 2 rings (SSSR count). The Kier molecular flexibility index (Phi) is 7.29. The van der Waals surface area contributed by atoms with Gasteiger partial charge >= 0.3 is 6.18 Å². The summed E-state index contributed by atoms with van der Waals surface area (Å²) < 4.78 is 50.8. The fourth-order valence-corrected chi connectivity index (χ4v) is 2.55. The van der Waals surface area contributed by atoms with Crippen LogP contribution in [0.5, 0.6) is 17.2 Å². The van der Waals surface area contributed by atoms with Gasteiger partial charge in [0.25, 0.3) is 0 Å². The largest absolute Gasteiger partial charge is 0.489 e. The van der Waals surface area contributed by atoms with E-state index in [0.29, 0.717) is 5.75 Å². The van der Waals surface area contributed by atoms with E-state index in [1.807, 2.05) is 12.1 Å². The molecule has 2 nitrogen and oxygen atoms in total. The molecular formula is C21H21Cl2F3O2. The molecule has 0 heterocycles. The molecule has 0 saturated carbocycles. The SMILES string of the molecule is CCC(C)(C)c1ccc(Oc2ccc(OCC=C(Cl)Cl)c(C(F)(F)F)c2)cc1. The molecular weight excluding hydrogens is 412 g/mol. The highest BCUT2D eigenvalue weighted by Crippen LogP contribution is 2.39. The minimum atomic E-state index is -4.60. The van der Waals surface area contributed by atoms with Gasteiger partial charge in [0, 0.05) is 0 Å². The molecule has 0 bridgehead atoms. The fourth-order valence-electron chi connectivity index (χ4n) is 2.43. The summed E-state index contributed by atoms with van der Waals surface area (Å²) in [5.41, 5.74) is 0.211. The molecule has 0 aliphatic carbocycles. The van der Waals surface area contributed by atoms with Crippen LogP contribution in [0.3, 0.4) is 0 Å². The molecule has 0 saturated heterocycles. The smallest absolute Gasteiger partial charge is 0.420 e. The highest BCUT2D eigenvalue weighted by atomic mass is 35.5. The summed E-state index contributed by atoms with van der Waals surface area (Å²) in [5, 5.41) is 0. The highest BCUT2D eigenvalue weighted by molar-refractivity contribution is 6.55. The van der Waals surface area contributed by atoms with Crippen LogP contribution in [0, 0.1) is 0 Å². The standard InChI is InChI=1S/C21H21Cl2F3O2/c1-4-20(2,3)14-5-7-15(8-6-14)28-16-9-10-18(27-12-11-19(22)23)17(13-16)21(24,25)26/h5-11,13H,4,12H2,1-3H3. The molecule has 0 radical (unpaired) electrons. The highest BCUT2D eigenvalue weighted by Gasteiger charge is 2.35. The number of alkyl halides is 3. The molecule has 28 heavy (non-hydrogen) atoms. The lowest BCUT2D eigenvalue weighted by Crippen LogP contribution is -2.14. The second kappa shape index (κ2) is 9.10. The Hall–Kier alpha value is -1.85. The van der Waals surface area contributed by atoms with E-state index in [0.717, 1.165) is 18.1 Å². The number of hydrogen-bond donors (Lipinski definition) is 0. The lowest BCUT2D eigenvalue weighted by atomic mass is 9.82. The first-order valence-electron chi connectivity index (χ1n) is 8.66. The Bertz CT molecular complexity index is 825. The average Bonchev–Trinajstić information content (AvgIpc) is 2.62. The molecule has 0 spiro atoms. The van der Waals surface area contributed by atoms with Crippen molar-refractivity contribution in [2.24, 2.45) is 0 Å². The van der Waals surface area contributed by atoms with Gasteiger partial charge in [-0.3, -0.25) is 0 Å². The van der Waals surface area contributed by atoms with E-state index in [1.54, 1.807) is 12.1 Å². The van der Waals surface area contributed by atoms with Crippen LogP contribution in [0.15, 0.2) is 53.0 Å². The lowest BCUT2D eigenvalue weighted by molar-refractivity contribution is -0.138. The van der Waals surface area contributed by atoms with E-state index in [-0.39, 0.29) is 28.0 Å². The predicted octanol–water partition coefficient (Wildman–Crippen LogP) is 7.88. The molecule has 0 fully saturated rings. The van der Waals surface area contributed by atoms with Crippen LogP contribution in [0.1, 0.15) is 38.3 Å². The van der Waals surface area contributed by atoms with Crippen LogP contribution in [-0.4, -0.2) is 6.61 Å². The quantitative estimate of drug-likeness (QED) is 0.442. The summed E-state index contributed by atoms with van der Waals surface area (Å²) in [4.78, 5) is 0. The van der Waals surface area contributed by atoms with Crippen molar-refractivity contribution in [3.05, 3.63) is 64.2 Å². The van der Waals surface area contributed by atoms with Gasteiger partial charge < -0.3 is 9.47 Å². The van der Waals surface area contributed by atoms with Crippen LogP contribution in [0.25, 0.3) is 0 Å². The van der Waals surface area contributed by atoms with Crippen molar-refractivity contribution in [2.45, 2.75) is 38.8 Å². The molecule has 2 aromatic carbocycles. The Balaban J connectivity index is 2.23. The Morgan fingerprint density at radius 1 is 1.00 bits per heavy atom. The van der Waals surface area contributed by atoms with E-state index < -0.39 is 11.7 Å². The summed E-state index contributed by atoms with van der Waals surface area (Å²) >= 11 is 10.9. The summed E-state index contributed by atoms with van der Waals surface area (Å²) in [7, 11) is 0. The van der Waals surface area contributed by atoms with Crippen molar-refractivity contribution in [3.8, 4) is 17.2 Å². The zero-order valence-electron chi connectivity index (χ0n) is 15.7. The number of halogens is 5. The van der Waals surface area contributed by atoms with Crippen LogP contribution >= 0.6 is 23.2 Å². The van der Waals surface area contributed by atoms with Crippen molar-refractivity contribution >= 4 is 23.2 Å². The molecule has 7 heteroatoms. The molecule has 0 amide bonds. The maximum atomic E-state index is 13.4. The number of rotatable bonds is 7. The molecule has 0 aliphatic heterocycles. The van der Waals surface area contributed by atoms with E-state index in [4.69, 9.17) is 32.7 Å². The van der Waals surface area contributed by atoms with Crippen LogP contribution < -0.4 is 9.47 Å². The van der Waals surface area contributed by atoms with Crippen molar-refractivity contribution < 1.29 is 22.6 Å². The summed E-state index contributed by atoms with van der Waals surface area (Å²) in [5.74, 6) is 0.188. The Morgan fingerprint density at radius 3 is 2.14 bits per heavy atom.